The van der Waals surface area contributed by atoms with E-state index in [0.29, 0.717) is 10.9 Å². The molecule has 1 aromatic heterocycles. The van der Waals surface area contributed by atoms with Crippen molar-refractivity contribution in [2.24, 2.45) is 7.05 Å². The molecule has 0 spiro atoms. The Morgan fingerprint density at radius 2 is 2.07 bits per heavy atom. The first-order valence-corrected chi connectivity index (χ1v) is 4.08. The Morgan fingerprint density at radius 1 is 1.36 bits per heavy atom. The second-order valence-electron chi connectivity index (χ2n) is 3.09. The van der Waals surface area contributed by atoms with Crippen LogP contribution in [0.4, 0.5) is 4.39 Å². The van der Waals surface area contributed by atoms with Crippen molar-refractivity contribution < 1.29 is 9.50 Å². The zero-order valence-electron chi connectivity index (χ0n) is 7.49. The van der Waals surface area contributed by atoms with Gasteiger partial charge in [0.05, 0.1) is 5.52 Å². The first-order valence-electron chi connectivity index (χ1n) is 4.08. The Kier molecular flexibility index (Phi) is 1.77. The lowest BCUT2D eigenvalue weighted by atomic mass is 10.2. The molecule has 1 aromatic carbocycles. The summed E-state index contributed by atoms with van der Waals surface area (Å²) in [6.45, 7) is 0. The van der Waals surface area contributed by atoms with Crippen LogP contribution >= 0.6 is 0 Å². The van der Waals surface area contributed by atoms with Gasteiger partial charge in [0.2, 0.25) is 0 Å². The maximum atomic E-state index is 12.9. The summed E-state index contributed by atoms with van der Waals surface area (Å²) in [7, 11) is 1.53. The number of nitrogens with zero attached hydrogens (tertiary/aromatic N) is 1. The minimum Gasteiger partial charge on any atom is -0.506 e. The molecule has 0 saturated heterocycles. The molecule has 0 atom stereocenters. The Morgan fingerprint density at radius 3 is 2.79 bits per heavy atom. The molecule has 0 saturated carbocycles. The molecule has 2 rings (SSSR count). The molecule has 0 aliphatic carbocycles. The van der Waals surface area contributed by atoms with Gasteiger partial charge in [0.15, 0.2) is 0 Å². The monoisotopic (exact) mass is 193 g/mol. The van der Waals surface area contributed by atoms with E-state index >= 15 is 0 Å². The van der Waals surface area contributed by atoms with Crippen LogP contribution in [0.25, 0.3) is 10.9 Å². The summed E-state index contributed by atoms with van der Waals surface area (Å²) < 4.78 is 14.2. The minimum absolute atomic E-state index is 0.222. The van der Waals surface area contributed by atoms with Gasteiger partial charge in [0, 0.05) is 24.6 Å². The summed E-state index contributed by atoms with van der Waals surface area (Å²) in [6.07, 6.45) is 0. The highest BCUT2D eigenvalue weighted by molar-refractivity contribution is 5.84. The van der Waals surface area contributed by atoms with Crippen molar-refractivity contribution in [3.05, 3.63) is 40.4 Å². The topological polar surface area (TPSA) is 42.2 Å². The van der Waals surface area contributed by atoms with Gasteiger partial charge in [-0.25, -0.2) is 4.39 Å². The lowest BCUT2D eigenvalue weighted by Gasteiger charge is -2.05. The van der Waals surface area contributed by atoms with E-state index in [2.05, 4.69) is 0 Å². The third-order valence-corrected chi connectivity index (χ3v) is 2.16. The van der Waals surface area contributed by atoms with E-state index in [1.54, 1.807) is 0 Å². The third-order valence-electron chi connectivity index (χ3n) is 2.16. The molecule has 4 heteroatoms. The van der Waals surface area contributed by atoms with Gasteiger partial charge in [-0.2, -0.15) is 0 Å². The van der Waals surface area contributed by atoms with E-state index in [0.717, 1.165) is 6.07 Å². The molecule has 0 unspecified atom stereocenters. The van der Waals surface area contributed by atoms with E-state index in [1.165, 1.54) is 29.8 Å². The van der Waals surface area contributed by atoms with Crippen LogP contribution < -0.4 is 5.56 Å². The Balaban J connectivity index is 3.03. The standard InChI is InChI=1S/C10H8FNO2/c1-12-9(14)3-2-6-4-7(11)5-8(13)10(6)12/h2-5,13H,1H3. The van der Waals surface area contributed by atoms with Crippen LogP contribution in [-0.2, 0) is 7.05 Å². The van der Waals surface area contributed by atoms with Crippen molar-refractivity contribution in [3.8, 4) is 5.75 Å². The summed E-state index contributed by atoms with van der Waals surface area (Å²) in [5, 5.41) is 9.96. The molecular weight excluding hydrogens is 185 g/mol. The molecule has 1 N–H and O–H groups in total. The number of rotatable bonds is 0. The molecule has 0 aliphatic rings. The van der Waals surface area contributed by atoms with Crippen LogP contribution in [-0.4, -0.2) is 9.67 Å². The number of fused-ring (bicyclic) bond motifs is 1. The van der Waals surface area contributed by atoms with Crippen molar-refractivity contribution in [1.29, 1.82) is 0 Å². The quantitative estimate of drug-likeness (QED) is 0.686. The zero-order chi connectivity index (χ0) is 10.3. The maximum absolute atomic E-state index is 12.9. The number of aromatic nitrogens is 1. The van der Waals surface area contributed by atoms with Gasteiger partial charge in [-0.05, 0) is 12.1 Å². The molecule has 0 radical (unpaired) electrons. The second-order valence-corrected chi connectivity index (χ2v) is 3.09. The molecule has 2 aromatic rings. The van der Waals surface area contributed by atoms with Gasteiger partial charge in [-0.3, -0.25) is 4.79 Å². The number of phenols is 1. The van der Waals surface area contributed by atoms with Crippen molar-refractivity contribution in [2.45, 2.75) is 0 Å². The molecule has 72 valence electrons. The van der Waals surface area contributed by atoms with Crippen molar-refractivity contribution in [2.75, 3.05) is 0 Å². The van der Waals surface area contributed by atoms with Crippen LogP contribution in [0.5, 0.6) is 5.75 Å². The maximum Gasteiger partial charge on any atom is 0.250 e. The highest BCUT2D eigenvalue weighted by atomic mass is 19.1. The number of halogens is 1. The van der Waals surface area contributed by atoms with Crippen molar-refractivity contribution in [3.63, 3.8) is 0 Å². The van der Waals surface area contributed by atoms with Gasteiger partial charge in [0.1, 0.15) is 11.6 Å². The normalized spacial score (nSPS) is 10.7. The number of pyridine rings is 1. The first-order chi connectivity index (χ1) is 6.59. The Hall–Kier alpha value is -1.84. The average Bonchev–Trinajstić information content (AvgIpc) is 2.10. The van der Waals surface area contributed by atoms with Crippen LogP contribution in [0.15, 0.2) is 29.1 Å². The van der Waals surface area contributed by atoms with E-state index in [4.69, 9.17) is 0 Å². The van der Waals surface area contributed by atoms with Crippen LogP contribution in [0.1, 0.15) is 0 Å². The van der Waals surface area contributed by atoms with Crippen LogP contribution in [0.2, 0.25) is 0 Å². The minimum atomic E-state index is -0.520. The average molecular weight is 193 g/mol. The number of hydrogen-bond donors (Lipinski definition) is 1. The van der Waals surface area contributed by atoms with Crippen LogP contribution in [0, 0.1) is 5.82 Å². The summed E-state index contributed by atoms with van der Waals surface area (Å²) in [5.41, 5.74) is 0.110. The first kappa shape index (κ1) is 8.74. The third kappa shape index (κ3) is 1.16. The van der Waals surface area contributed by atoms with Gasteiger partial charge < -0.3 is 9.67 Å². The molecule has 0 bridgehead atoms. The predicted molar refractivity (Wildman–Crippen MR) is 50.8 cm³/mol. The number of hydrogen-bond acceptors (Lipinski definition) is 2. The highest BCUT2D eigenvalue weighted by Gasteiger charge is 2.06. The van der Waals surface area contributed by atoms with Crippen molar-refractivity contribution in [1.82, 2.24) is 4.57 Å². The van der Waals surface area contributed by atoms with Gasteiger partial charge in [-0.1, -0.05) is 0 Å². The summed E-state index contributed by atoms with van der Waals surface area (Å²) in [6, 6.07) is 5.08. The summed E-state index contributed by atoms with van der Waals surface area (Å²) in [5.74, 6) is -0.742. The summed E-state index contributed by atoms with van der Waals surface area (Å²) >= 11 is 0. The molecule has 0 amide bonds. The molecule has 1 heterocycles. The van der Waals surface area contributed by atoms with Crippen LogP contribution in [0.3, 0.4) is 0 Å². The van der Waals surface area contributed by atoms with Gasteiger partial charge in [0.25, 0.3) is 5.56 Å². The fourth-order valence-electron chi connectivity index (χ4n) is 1.48. The van der Waals surface area contributed by atoms with Crippen molar-refractivity contribution >= 4 is 10.9 Å². The van der Waals surface area contributed by atoms with E-state index in [9.17, 15) is 14.3 Å². The summed E-state index contributed by atoms with van der Waals surface area (Å²) in [4.78, 5) is 11.2. The fourth-order valence-corrected chi connectivity index (χ4v) is 1.48. The zero-order valence-corrected chi connectivity index (χ0v) is 7.49. The largest absolute Gasteiger partial charge is 0.506 e. The predicted octanol–water partition coefficient (Wildman–Crippen LogP) is 1.38. The molecule has 0 fully saturated rings. The van der Waals surface area contributed by atoms with E-state index in [-0.39, 0.29) is 11.3 Å². The fraction of sp³-hybridized carbons (Fsp3) is 0.100. The van der Waals surface area contributed by atoms with E-state index < -0.39 is 5.82 Å². The Bertz CT molecular complexity index is 560. The molecule has 14 heavy (non-hydrogen) atoms. The van der Waals surface area contributed by atoms with Gasteiger partial charge in [-0.15, -0.1) is 0 Å². The van der Waals surface area contributed by atoms with Gasteiger partial charge >= 0.3 is 0 Å². The second kappa shape index (κ2) is 2.83. The number of aromatic hydroxyl groups is 1. The lowest BCUT2D eigenvalue weighted by Crippen LogP contribution is -2.15. The number of benzene rings is 1. The molecular formula is C10H8FNO2. The lowest BCUT2D eigenvalue weighted by molar-refractivity contribution is 0.472. The molecule has 0 aliphatic heterocycles. The number of phenolic OH excluding ortho intramolecular Hbond substituents is 1. The molecule has 3 nitrogen and oxygen atoms in total. The number of aryl methyl sites for hydroxylation is 1. The Labute approximate surface area is 79.0 Å². The highest BCUT2D eigenvalue weighted by Crippen LogP contribution is 2.23. The smallest absolute Gasteiger partial charge is 0.250 e. The van der Waals surface area contributed by atoms with E-state index in [1.807, 2.05) is 0 Å². The SMILES string of the molecule is Cn1c(=O)ccc2cc(F)cc(O)c21.